The minimum atomic E-state index is -5.51. The van der Waals surface area contributed by atoms with Crippen LogP contribution in [0.15, 0.2) is 51.7 Å². The molecule has 43 heavy (non-hydrogen) atoms. The lowest BCUT2D eigenvalue weighted by Crippen LogP contribution is -2.45. The zero-order valence-electron chi connectivity index (χ0n) is 21.7. The van der Waals surface area contributed by atoms with Crippen molar-refractivity contribution in [3.63, 3.8) is 0 Å². The Bertz CT molecular complexity index is 1540. The summed E-state index contributed by atoms with van der Waals surface area (Å²) < 4.78 is 134. The van der Waals surface area contributed by atoms with Gasteiger partial charge in [-0.15, -0.1) is 0 Å². The van der Waals surface area contributed by atoms with Crippen molar-refractivity contribution in [1.29, 1.82) is 0 Å². The average Bonchev–Trinajstić information content (AvgIpc) is 2.89. The van der Waals surface area contributed by atoms with Gasteiger partial charge in [0.1, 0.15) is 4.47 Å². The quantitative estimate of drug-likeness (QED) is 0.138. The number of halogens is 11. The summed E-state index contributed by atoms with van der Waals surface area (Å²) in [6, 6.07) is 7.11. The molecule has 2 aromatic carbocycles. The first-order chi connectivity index (χ1) is 19.8. The number of ether oxygens (including phenoxy) is 2. The Morgan fingerprint density at radius 3 is 2.12 bits per heavy atom. The number of hydrogen-bond donors (Lipinski definition) is 0. The number of methoxy groups -OCH3 is 1. The number of esters is 1. The number of carbonyl (C=O) groups excluding carboxylic acids is 1. The molecule has 1 atom stereocenters. The predicted octanol–water partition coefficient (Wildman–Crippen LogP) is 7.44. The average molecular weight is 711 g/mol. The van der Waals surface area contributed by atoms with Gasteiger partial charge in [0, 0.05) is 7.11 Å². The monoisotopic (exact) mass is 709 g/mol. The van der Waals surface area contributed by atoms with E-state index in [1.54, 1.807) is 6.07 Å². The van der Waals surface area contributed by atoms with Crippen LogP contribution in [0.4, 0.5) is 51.1 Å². The molecule has 0 radical (unpaired) electrons. The molecule has 18 heteroatoms. The van der Waals surface area contributed by atoms with E-state index < -0.39 is 87.4 Å². The first kappa shape index (κ1) is 34.2. The Morgan fingerprint density at radius 2 is 1.63 bits per heavy atom. The van der Waals surface area contributed by atoms with Crippen molar-refractivity contribution in [3.05, 3.63) is 84.7 Å². The van der Waals surface area contributed by atoms with Gasteiger partial charge in [-0.2, -0.15) is 39.5 Å². The van der Waals surface area contributed by atoms with Crippen molar-refractivity contribution in [3.8, 4) is 0 Å². The smallest absolute Gasteiger partial charge is 0.434 e. The normalized spacial score (nSPS) is 13.1. The summed E-state index contributed by atoms with van der Waals surface area (Å²) in [5, 5.41) is -1.47. The standard InChI is InChI=1S/C25H18BrClF9N3O4/c1-3-43-21(41)20(42-2)39(15-10-13(23(28,29)30)9-14(17(15)27)24(31,32)33)22-37-18(25(34,35)36)16(26)19(40)38(22)11-12-7-5-4-6-8-12/h4-10,20H,3,11H2,1-2H3. The van der Waals surface area contributed by atoms with Crippen LogP contribution >= 0.6 is 27.5 Å². The number of anilines is 2. The molecule has 0 aliphatic heterocycles. The molecule has 7 nitrogen and oxygen atoms in total. The highest BCUT2D eigenvalue weighted by molar-refractivity contribution is 9.10. The molecule has 0 aliphatic rings. The van der Waals surface area contributed by atoms with Crippen molar-refractivity contribution in [2.75, 3.05) is 18.6 Å². The predicted molar refractivity (Wildman–Crippen MR) is 138 cm³/mol. The second kappa shape index (κ2) is 12.7. The Balaban J connectivity index is 2.59. The second-order valence-corrected chi connectivity index (χ2v) is 9.68. The van der Waals surface area contributed by atoms with E-state index in [0.29, 0.717) is 4.57 Å². The summed E-state index contributed by atoms with van der Waals surface area (Å²) in [6.45, 7) is 0.283. The lowest BCUT2D eigenvalue weighted by atomic mass is 10.1. The summed E-state index contributed by atoms with van der Waals surface area (Å²) in [7, 11) is 0.768. The van der Waals surface area contributed by atoms with Crippen LogP contribution in [0, 0.1) is 0 Å². The highest BCUT2D eigenvalue weighted by Gasteiger charge is 2.44. The van der Waals surface area contributed by atoms with Gasteiger partial charge in [-0.05, 0) is 40.5 Å². The number of aromatic nitrogens is 2. The summed E-state index contributed by atoms with van der Waals surface area (Å²) in [4.78, 5) is 29.8. The molecule has 0 amide bonds. The molecule has 0 fully saturated rings. The first-order valence-electron chi connectivity index (χ1n) is 11.7. The molecular formula is C25H18BrClF9N3O4. The Labute approximate surface area is 249 Å². The topological polar surface area (TPSA) is 73.7 Å². The van der Waals surface area contributed by atoms with Gasteiger partial charge in [-0.1, -0.05) is 41.9 Å². The molecule has 1 unspecified atom stereocenters. The number of rotatable bonds is 8. The highest BCUT2D eigenvalue weighted by Crippen LogP contribution is 2.46. The van der Waals surface area contributed by atoms with Gasteiger partial charge in [0.2, 0.25) is 12.2 Å². The molecule has 3 rings (SSSR count). The lowest BCUT2D eigenvalue weighted by molar-refractivity contribution is -0.154. The Kier molecular flexibility index (Phi) is 10.1. The van der Waals surface area contributed by atoms with E-state index in [0.717, 1.165) is 7.11 Å². The van der Waals surface area contributed by atoms with E-state index in [1.165, 1.54) is 31.2 Å². The van der Waals surface area contributed by atoms with Crippen LogP contribution in [0.1, 0.15) is 29.3 Å². The molecule has 234 valence electrons. The molecule has 0 aliphatic carbocycles. The largest absolute Gasteiger partial charge is 0.463 e. The third-order valence-corrected chi connectivity index (χ3v) is 6.77. The van der Waals surface area contributed by atoms with E-state index in [9.17, 15) is 49.1 Å². The lowest BCUT2D eigenvalue weighted by Gasteiger charge is -2.33. The molecular weight excluding hydrogens is 693 g/mol. The van der Waals surface area contributed by atoms with Crippen LogP contribution in [0.5, 0.6) is 0 Å². The Hall–Kier alpha value is -3.31. The number of carbonyl (C=O) groups is 1. The van der Waals surface area contributed by atoms with Crippen molar-refractivity contribution < 1.29 is 53.8 Å². The maximum atomic E-state index is 14.0. The SMILES string of the molecule is CCOC(=O)C(OC)N(c1cc(C(F)(F)F)cc(C(F)(F)F)c1Cl)c1nc(C(F)(F)F)c(Br)c(=O)n1Cc1ccccc1. The summed E-state index contributed by atoms with van der Waals surface area (Å²) in [6.07, 6.45) is -18.7. The number of nitrogens with zero attached hydrogens (tertiary/aromatic N) is 3. The zero-order chi connectivity index (χ0) is 32.5. The van der Waals surface area contributed by atoms with Gasteiger partial charge in [-0.25, -0.2) is 9.78 Å². The minimum absolute atomic E-state index is 0.0527. The third-order valence-electron chi connectivity index (χ3n) is 5.65. The highest BCUT2D eigenvalue weighted by atomic mass is 79.9. The molecule has 0 spiro atoms. The summed E-state index contributed by atoms with van der Waals surface area (Å²) in [5.41, 5.74) is -8.41. The number of alkyl halides is 9. The molecule has 1 aromatic heterocycles. The zero-order valence-corrected chi connectivity index (χ0v) is 24.0. The van der Waals surface area contributed by atoms with Crippen molar-refractivity contribution in [2.24, 2.45) is 0 Å². The van der Waals surface area contributed by atoms with Gasteiger partial charge in [0.25, 0.3) is 5.56 Å². The molecule has 0 saturated carbocycles. The summed E-state index contributed by atoms with van der Waals surface area (Å²) in [5.74, 6) is -2.71. The van der Waals surface area contributed by atoms with Crippen LogP contribution in [0.2, 0.25) is 5.02 Å². The van der Waals surface area contributed by atoms with Crippen LogP contribution in [-0.4, -0.2) is 35.5 Å². The maximum absolute atomic E-state index is 14.0. The van der Waals surface area contributed by atoms with E-state index in [-0.39, 0.29) is 22.6 Å². The molecule has 0 saturated heterocycles. The number of benzene rings is 2. The molecule has 3 aromatic rings. The molecule has 0 N–H and O–H groups in total. The van der Waals surface area contributed by atoms with Gasteiger partial charge in [0.15, 0.2) is 5.69 Å². The van der Waals surface area contributed by atoms with Crippen LogP contribution in [-0.2, 0) is 39.3 Å². The maximum Gasteiger partial charge on any atom is 0.434 e. The summed E-state index contributed by atoms with van der Waals surface area (Å²) >= 11 is 8.51. The van der Waals surface area contributed by atoms with Gasteiger partial charge in [-0.3, -0.25) is 14.3 Å². The first-order valence-corrected chi connectivity index (χ1v) is 12.9. The van der Waals surface area contributed by atoms with Gasteiger partial charge in [0.05, 0.1) is 35.0 Å². The van der Waals surface area contributed by atoms with Crippen molar-refractivity contribution >= 4 is 45.1 Å². The van der Waals surface area contributed by atoms with E-state index >= 15 is 0 Å². The van der Waals surface area contributed by atoms with E-state index in [1.807, 2.05) is 0 Å². The van der Waals surface area contributed by atoms with Crippen molar-refractivity contribution in [1.82, 2.24) is 9.55 Å². The van der Waals surface area contributed by atoms with E-state index in [2.05, 4.69) is 20.9 Å². The number of hydrogen-bond acceptors (Lipinski definition) is 6. The van der Waals surface area contributed by atoms with Crippen LogP contribution in [0.25, 0.3) is 0 Å². The van der Waals surface area contributed by atoms with Crippen LogP contribution in [0.3, 0.4) is 0 Å². The van der Waals surface area contributed by atoms with Crippen molar-refractivity contribution in [2.45, 2.75) is 38.2 Å². The minimum Gasteiger partial charge on any atom is -0.463 e. The molecule has 0 bridgehead atoms. The van der Waals surface area contributed by atoms with Gasteiger partial charge >= 0.3 is 24.5 Å². The molecule has 1 heterocycles. The second-order valence-electron chi connectivity index (χ2n) is 8.51. The fraction of sp³-hybridized carbons (Fsp3) is 0.320. The van der Waals surface area contributed by atoms with E-state index in [4.69, 9.17) is 21.1 Å². The fourth-order valence-corrected chi connectivity index (χ4v) is 4.65. The third kappa shape index (κ3) is 7.44. The van der Waals surface area contributed by atoms with Crippen LogP contribution < -0.4 is 10.5 Å². The fourth-order valence-electron chi connectivity index (χ4n) is 3.81. The van der Waals surface area contributed by atoms with Gasteiger partial charge < -0.3 is 9.47 Å². The Morgan fingerprint density at radius 1 is 1.02 bits per heavy atom.